The van der Waals surface area contributed by atoms with Crippen LogP contribution in [0.4, 0.5) is 0 Å². The maximum absolute atomic E-state index is 11.9. The fourth-order valence-corrected chi connectivity index (χ4v) is 4.19. The molecule has 1 fully saturated rings. The molecule has 0 bridgehead atoms. The number of benzene rings is 2. The summed E-state index contributed by atoms with van der Waals surface area (Å²) >= 11 is 0. The molecular formula is C15H17NO3S. The van der Waals surface area contributed by atoms with Crippen LogP contribution < -0.4 is 0 Å². The number of hydrogen-bond acceptors (Lipinski definition) is 3. The molecule has 1 heterocycles. The van der Waals surface area contributed by atoms with Crippen LogP contribution >= 0.6 is 0 Å². The number of aromatic hydroxyl groups is 1. The maximum atomic E-state index is 11.9. The molecule has 3 rings (SSSR count). The summed E-state index contributed by atoms with van der Waals surface area (Å²) in [4.78, 5) is 0. The third-order valence-corrected chi connectivity index (χ3v) is 5.20. The van der Waals surface area contributed by atoms with Crippen molar-refractivity contribution in [3.63, 3.8) is 0 Å². The lowest BCUT2D eigenvalue weighted by Crippen LogP contribution is -2.29. The molecule has 4 nitrogen and oxygen atoms in total. The predicted octanol–water partition coefficient (Wildman–Crippen LogP) is 2.64. The van der Waals surface area contributed by atoms with Crippen LogP contribution in [0.25, 0.3) is 10.8 Å². The number of nitrogens with zero attached hydrogens (tertiary/aromatic N) is 1. The van der Waals surface area contributed by atoms with Crippen molar-refractivity contribution in [2.24, 2.45) is 0 Å². The van der Waals surface area contributed by atoms with E-state index in [9.17, 15) is 13.5 Å². The smallest absolute Gasteiger partial charge is 0.211 e. The van der Waals surface area contributed by atoms with E-state index in [0.717, 1.165) is 29.2 Å². The third kappa shape index (κ3) is 2.17. The molecule has 1 unspecified atom stereocenters. The third-order valence-electron chi connectivity index (χ3n) is 3.91. The zero-order chi connectivity index (χ0) is 14.3. The van der Waals surface area contributed by atoms with E-state index in [0.29, 0.717) is 6.54 Å². The summed E-state index contributed by atoms with van der Waals surface area (Å²) in [7, 11) is -3.26. The van der Waals surface area contributed by atoms with Crippen LogP contribution in [0.5, 0.6) is 5.75 Å². The van der Waals surface area contributed by atoms with Gasteiger partial charge in [0.05, 0.1) is 12.3 Å². The molecule has 0 spiro atoms. The highest BCUT2D eigenvalue weighted by Gasteiger charge is 2.34. The van der Waals surface area contributed by atoms with Gasteiger partial charge in [-0.2, -0.15) is 4.31 Å². The van der Waals surface area contributed by atoms with Gasteiger partial charge in [-0.3, -0.25) is 0 Å². The Labute approximate surface area is 118 Å². The molecule has 0 amide bonds. The van der Waals surface area contributed by atoms with Gasteiger partial charge < -0.3 is 5.11 Å². The fourth-order valence-electron chi connectivity index (χ4n) is 3.06. The molecule has 1 saturated heterocycles. The number of fused-ring (bicyclic) bond motifs is 1. The Balaban J connectivity index is 2.21. The van der Waals surface area contributed by atoms with E-state index in [1.54, 1.807) is 6.07 Å². The second-order valence-corrected chi connectivity index (χ2v) is 7.19. The average molecular weight is 291 g/mol. The molecule has 1 aliphatic heterocycles. The first-order valence-electron chi connectivity index (χ1n) is 6.66. The normalized spacial score (nSPS) is 20.6. The van der Waals surface area contributed by atoms with Gasteiger partial charge >= 0.3 is 0 Å². The van der Waals surface area contributed by atoms with Crippen LogP contribution in [0.2, 0.25) is 0 Å². The minimum Gasteiger partial charge on any atom is -0.508 e. The van der Waals surface area contributed by atoms with Gasteiger partial charge in [-0.05, 0) is 29.7 Å². The quantitative estimate of drug-likeness (QED) is 0.925. The minimum atomic E-state index is -3.26. The molecule has 2 aromatic rings. The molecular weight excluding hydrogens is 274 g/mol. The van der Waals surface area contributed by atoms with Crippen molar-refractivity contribution in [3.05, 3.63) is 42.0 Å². The summed E-state index contributed by atoms with van der Waals surface area (Å²) in [5, 5.41) is 12.2. The summed E-state index contributed by atoms with van der Waals surface area (Å²) < 4.78 is 25.3. The lowest BCUT2D eigenvalue weighted by atomic mass is 9.97. The van der Waals surface area contributed by atoms with E-state index in [1.165, 1.54) is 10.6 Å². The Morgan fingerprint density at radius 3 is 2.70 bits per heavy atom. The monoisotopic (exact) mass is 291 g/mol. The Bertz CT molecular complexity index is 755. The molecule has 20 heavy (non-hydrogen) atoms. The van der Waals surface area contributed by atoms with Gasteiger partial charge in [0.2, 0.25) is 10.0 Å². The van der Waals surface area contributed by atoms with Gasteiger partial charge in [0.15, 0.2) is 0 Å². The largest absolute Gasteiger partial charge is 0.508 e. The predicted molar refractivity (Wildman–Crippen MR) is 79.1 cm³/mol. The minimum absolute atomic E-state index is 0.171. The lowest BCUT2D eigenvalue weighted by molar-refractivity contribution is 0.385. The van der Waals surface area contributed by atoms with Crippen LogP contribution in [0, 0.1) is 0 Å². The zero-order valence-electron chi connectivity index (χ0n) is 11.3. The van der Waals surface area contributed by atoms with Crippen molar-refractivity contribution in [2.45, 2.75) is 18.9 Å². The number of sulfonamides is 1. The standard InChI is InChI=1S/C15H17NO3S/c1-20(18,19)16-10-4-7-13(16)15-12-6-3-2-5-11(12)8-9-14(15)17/h2-3,5-6,8-9,13,17H,4,7,10H2,1H3. The van der Waals surface area contributed by atoms with Crippen molar-refractivity contribution in [1.29, 1.82) is 0 Å². The van der Waals surface area contributed by atoms with Crippen molar-refractivity contribution >= 4 is 20.8 Å². The maximum Gasteiger partial charge on any atom is 0.211 e. The van der Waals surface area contributed by atoms with E-state index in [2.05, 4.69) is 0 Å². The Hall–Kier alpha value is -1.59. The molecule has 1 N–H and O–H groups in total. The first-order valence-corrected chi connectivity index (χ1v) is 8.51. The van der Waals surface area contributed by atoms with Crippen LogP contribution in [0.1, 0.15) is 24.4 Å². The van der Waals surface area contributed by atoms with Crippen molar-refractivity contribution in [1.82, 2.24) is 4.31 Å². The number of rotatable bonds is 2. The van der Waals surface area contributed by atoms with E-state index < -0.39 is 10.0 Å². The zero-order valence-corrected chi connectivity index (χ0v) is 12.1. The van der Waals surface area contributed by atoms with Crippen LogP contribution in [0.15, 0.2) is 36.4 Å². The van der Waals surface area contributed by atoms with E-state index in [1.807, 2.05) is 30.3 Å². The summed E-state index contributed by atoms with van der Waals surface area (Å²) in [6, 6.07) is 11.0. The molecule has 106 valence electrons. The van der Waals surface area contributed by atoms with Gasteiger partial charge in [0.1, 0.15) is 5.75 Å². The first kappa shape index (κ1) is 13.4. The van der Waals surface area contributed by atoms with Crippen LogP contribution in [-0.2, 0) is 10.0 Å². The SMILES string of the molecule is CS(=O)(=O)N1CCCC1c1c(O)ccc2ccccc12. The molecule has 0 radical (unpaired) electrons. The number of phenols is 1. The average Bonchev–Trinajstić information content (AvgIpc) is 2.87. The molecule has 0 aliphatic carbocycles. The van der Waals surface area contributed by atoms with Gasteiger partial charge in [-0.15, -0.1) is 0 Å². The van der Waals surface area contributed by atoms with Crippen molar-refractivity contribution < 1.29 is 13.5 Å². The number of hydrogen-bond donors (Lipinski definition) is 1. The molecule has 2 aromatic carbocycles. The van der Waals surface area contributed by atoms with Gasteiger partial charge in [-0.25, -0.2) is 8.42 Å². The van der Waals surface area contributed by atoms with Gasteiger partial charge in [0.25, 0.3) is 0 Å². The van der Waals surface area contributed by atoms with E-state index in [4.69, 9.17) is 0 Å². The van der Waals surface area contributed by atoms with Crippen molar-refractivity contribution in [3.8, 4) is 5.75 Å². The molecule has 1 atom stereocenters. The Kier molecular flexibility index (Phi) is 3.18. The van der Waals surface area contributed by atoms with E-state index >= 15 is 0 Å². The van der Waals surface area contributed by atoms with Gasteiger partial charge in [0, 0.05) is 12.1 Å². The van der Waals surface area contributed by atoms with Crippen molar-refractivity contribution in [2.75, 3.05) is 12.8 Å². The lowest BCUT2D eigenvalue weighted by Gasteiger charge is -2.24. The molecule has 0 aromatic heterocycles. The first-order chi connectivity index (χ1) is 9.48. The summed E-state index contributed by atoms with van der Waals surface area (Å²) in [5.74, 6) is 0.171. The highest BCUT2D eigenvalue weighted by Crippen LogP contribution is 2.41. The molecule has 0 saturated carbocycles. The highest BCUT2D eigenvalue weighted by molar-refractivity contribution is 7.88. The molecule has 5 heteroatoms. The second-order valence-electron chi connectivity index (χ2n) is 5.25. The molecule has 1 aliphatic rings. The van der Waals surface area contributed by atoms with Crippen LogP contribution in [0.3, 0.4) is 0 Å². The van der Waals surface area contributed by atoms with E-state index in [-0.39, 0.29) is 11.8 Å². The highest BCUT2D eigenvalue weighted by atomic mass is 32.2. The van der Waals surface area contributed by atoms with Crippen LogP contribution in [-0.4, -0.2) is 30.6 Å². The fraction of sp³-hybridized carbons (Fsp3) is 0.333. The summed E-state index contributed by atoms with van der Waals surface area (Å²) in [6.45, 7) is 0.520. The van der Waals surface area contributed by atoms with Gasteiger partial charge in [-0.1, -0.05) is 30.3 Å². The number of phenolic OH excluding ortho intramolecular Hbond substituents is 1. The second kappa shape index (κ2) is 4.75. The summed E-state index contributed by atoms with van der Waals surface area (Å²) in [5.41, 5.74) is 0.728. The Morgan fingerprint density at radius 2 is 1.95 bits per heavy atom. The topological polar surface area (TPSA) is 57.6 Å². The Morgan fingerprint density at radius 1 is 1.20 bits per heavy atom. The summed E-state index contributed by atoms with van der Waals surface area (Å²) in [6.07, 6.45) is 2.79.